The average Bonchev–Trinajstić information content (AvgIpc) is 2.77. The standard InChI is InChI=1S/C26H25BClNO/c1-3-20-13-15-22(16-14-20)26(21-9-5-4-6-10-21,17-23(30)18-29-19(2)27)24-11-7-8-12-25(24)28/h4-16,29H,2-3,17-18H2,1H3. The first-order valence-corrected chi connectivity index (χ1v) is 10.4. The molecule has 0 fully saturated rings. The van der Waals surface area contributed by atoms with E-state index in [1.165, 1.54) is 5.56 Å². The lowest BCUT2D eigenvalue weighted by Crippen LogP contribution is -2.35. The number of hydrogen-bond acceptors (Lipinski definition) is 2. The Morgan fingerprint density at radius 1 is 0.967 bits per heavy atom. The van der Waals surface area contributed by atoms with E-state index in [0.717, 1.165) is 23.1 Å². The van der Waals surface area contributed by atoms with Gasteiger partial charge >= 0.3 is 0 Å². The third-order valence-electron chi connectivity index (χ3n) is 5.43. The first-order chi connectivity index (χ1) is 14.5. The minimum absolute atomic E-state index is 0.0185. The molecule has 3 aromatic rings. The van der Waals surface area contributed by atoms with E-state index in [2.05, 4.69) is 55.2 Å². The predicted molar refractivity (Wildman–Crippen MR) is 126 cm³/mol. The van der Waals surface area contributed by atoms with E-state index in [9.17, 15) is 4.79 Å². The Morgan fingerprint density at radius 3 is 2.17 bits per heavy atom. The molecule has 1 atom stereocenters. The lowest BCUT2D eigenvalue weighted by Gasteiger charge is -2.36. The van der Waals surface area contributed by atoms with Gasteiger partial charge in [-0.05, 0) is 40.3 Å². The van der Waals surface area contributed by atoms with Crippen LogP contribution in [0.5, 0.6) is 0 Å². The minimum Gasteiger partial charge on any atom is -0.391 e. The van der Waals surface area contributed by atoms with Gasteiger partial charge < -0.3 is 5.32 Å². The van der Waals surface area contributed by atoms with Gasteiger partial charge in [0.05, 0.1) is 12.0 Å². The highest BCUT2D eigenvalue weighted by Crippen LogP contribution is 2.45. The number of carbonyl (C=O) groups is 1. The second-order valence-electron chi connectivity index (χ2n) is 7.40. The summed E-state index contributed by atoms with van der Waals surface area (Å²) in [5.74, 6) is 0.0185. The summed E-state index contributed by atoms with van der Waals surface area (Å²) in [5.41, 5.74) is 3.75. The van der Waals surface area contributed by atoms with Crippen LogP contribution in [0, 0.1) is 0 Å². The Kier molecular flexibility index (Phi) is 7.18. The van der Waals surface area contributed by atoms with Crippen molar-refractivity contribution in [1.82, 2.24) is 5.32 Å². The van der Waals surface area contributed by atoms with Crippen molar-refractivity contribution in [2.45, 2.75) is 25.2 Å². The molecule has 2 radical (unpaired) electrons. The molecule has 0 aliphatic rings. The molecule has 2 nitrogen and oxygen atoms in total. The first-order valence-electron chi connectivity index (χ1n) is 10.1. The summed E-state index contributed by atoms with van der Waals surface area (Å²) < 4.78 is 0. The smallest absolute Gasteiger partial charge is 0.153 e. The van der Waals surface area contributed by atoms with Crippen LogP contribution in [-0.4, -0.2) is 20.2 Å². The van der Waals surface area contributed by atoms with Gasteiger partial charge in [-0.25, -0.2) is 0 Å². The van der Waals surface area contributed by atoms with Crippen molar-refractivity contribution in [2.24, 2.45) is 0 Å². The molecule has 0 aromatic heterocycles. The van der Waals surface area contributed by atoms with Crippen molar-refractivity contribution < 1.29 is 4.79 Å². The van der Waals surface area contributed by atoms with Crippen LogP contribution in [-0.2, 0) is 16.6 Å². The molecule has 0 amide bonds. The number of Topliss-reactive ketones (excluding diaryl/α,β-unsaturated/α-hetero) is 1. The van der Waals surface area contributed by atoms with Crippen LogP contribution in [0.1, 0.15) is 35.6 Å². The van der Waals surface area contributed by atoms with Gasteiger partial charge in [-0.15, -0.1) is 0 Å². The number of hydrogen-bond donors (Lipinski definition) is 1. The molecular formula is C26H25BClNO. The molecule has 0 bridgehead atoms. The van der Waals surface area contributed by atoms with Crippen molar-refractivity contribution >= 4 is 25.2 Å². The highest BCUT2D eigenvalue weighted by molar-refractivity contribution is 6.31. The zero-order valence-electron chi connectivity index (χ0n) is 17.2. The van der Waals surface area contributed by atoms with E-state index in [1.807, 2.05) is 42.5 Å². The monoisotopic (exact) mass is 413 g/mol. The van der Waals surface area contributed by atoms with Crippen LogP contribution in [0.15, 0.2) is 91.0 Å². The molecule has 0 saturated heterocycles. The van der Waals surface area contributed by atoms with Crippen molar-refractivity contribution in [3.8, 4) is 0 Å². The highest BCUT2D eigenvalue weighted by atomic mass is 35.5. The average molecular weight is 414 g/mol. The fraction of sp³-hybridized carbons (Fsp3) is 0.192. The number of rotatable bonds is 9. The summed E-state index contributed by atoms with van der Waals surface area (Å²) in [6.07, 6.45) is 1.19. The molecule has 0 aliphatic carbocycles. The van der Waals surface area contributed by atoms with E-state index < -0.39 is 5.41 Å². The number of benzene rings is 3. The maximum absolute atomic E-state index is 13.1. The molecule has 0 heterocycles. The Balaban J connectivity index is 2.24. The summed E-state index contributed by atoms with van der Waals surface area (Å²) in [7, 11) is 5.61. The number of halogens is 1. The molecule has 3 rings (SSSR count). The number of carbonyl (C=O) groups excluding carboxylic acids is 1. The number of ketones is 1. The zero-order chi connectivity index (χ0) is 21.6. The molecule has 150 valence electrons. The SMILES string of the molecule is [B]C(=C)NCC(=O)CC(c1ccccc1)(c1ccc(CC)cc1)c1ccccc1Cl. The second-order valence-corrected chi connectivity index (χ2v) is 7.80. The van der Waals surface area contributed by atoms with Crippen LogP contribution in [0.3, 0.4) is 0 Å². The second kappa shape index (κ2) is 9.82. The van der Waals surface area contributed by atoms with Gasteiger partial charge in [0.1, 0.15) is 7.85 Å². The molecule has 0 saturated carbocycles. The fourth-order valence-electron chi connectivity index (χ4n) is 3.90. The molecule has 0 aliphatic heterocycles. The van der Waals surface area contributed by atoms with E-state index in [4.69, 9.17) is 19.4 Å². The number of aryl methyl sites for hydroxylation is 1. The lowest BCUT2D eigenvalue weighted by atomic mass is 9.66. The van der Waals surface area contributed by atoms with Gasteiger partial charge in [0.15, 0.2) is 5.78 Å². The Hall–Kier alpha value is -2.78. The first kappa shape index (κ1) is 21.9. The molecule has 30 heavy (non-hydrogen) atoms. The van der Waals surface area contributed by atoms with Gasteiger partial charge in [-0.2, -0.15) is 0 Å². The van der Waals surface area contributed by atoms with Crippen LogP contribution in [0.2, 0.25) is 5.02 Å². The third-order valence-corrected chi connectivity index (χ3v) is 5.76. The van der Waals surface area contributed by atoms with Gasteiger partial charge in [0.2, 0.25) is 0 Å². The van der Waals surface area contributed by atoms with Gasteiger partial charge in [-0.1, -0.05) is 97.9 Å². The van der Waals surface area contributed by atoms with Crippen LogP contribution >= 0.6 is 11.6 Å². The summed E-state index contributed by atoms with van der Waals surface area (Å²) in [4.78, 5) is 13.1. The topological polar surface area (TPSA) is 29.1 Å². The van der Waals surface area contributed by atoms with Gasteiger partial charge in [-0.3, -0.25) is 4.79 Å². The molecule has 0 spiro atoms. The Bertz CT molecular complexity index is 1020. The maximum atomic E-state index is 13.1. The van der Waals surface area contributed by atoms with Crippen molar-refractivity contribution in [3.05, 3.63) is 118 Å². The largest absolute Gasteiger partial charge is 0.391 e. The molecule has 3 aromatic carbocycles. The third kappa shape index (κ3) is 4.68. The summed E-state index contributed by atoms with van der Waals surface area (Å²) in [6.45, 7) is 5.86. The van der Waals surface area contributed by atoms with E-state index in [0.29, 0.717) is 5.02 Å². The Morgan fingerprint density at radius 2 is 1.57 bits per heavy atom. The molecule has 4 heteroatoms. The van der Waals surface area contributed by atoms with Crippen molar-refractivity contribution in [1.29, 1.82) is 0 Å². The zero-order valence-corrected chi connectivity index (χ0v) is 18.0. The molecular weight excluding hydrogens is 389 g/mol. The van der Waals surface area contributed by atoms with E-state index in [-0.39, 0.29) is 24.3 Å². The predicted octanol–water partition coefficient (Wildman–Crippen LogP) is 5.43. The number of nitrogens with one attached hydrogen (secondary N) is 1. The summed E-state index contributed by atoms with van der Waals surface area (Å²) in [5, 5.41) is 3.49. The van der Waals surface area contributed by atoms with Gasteiger partial charge in [0, 0.05) is 11.4 Å². The highest BCUT2D eigenvalue weighted by Gasteiger charge is 2.39. The van der Waals surface area contributed by atoms with Crippen LogP contribution in [0.25, 0.3) is 0 Å². The summed E-state index contributed by atoms with van der Waals surface area (Å²) in [6, 6.07) is 26.3. The van der Waals surface area contributed by atoms with Gasteiger partial charge in [0.25, 0.3) is 0 Å². The fourth-order valence-corrected chi connectivity index (χ4v) is 4.20. The maximum Gasteiger partial charge on any atom is 0.153 e. The van der Waals surface area contributed by atoms with Crippen molar-refractivity contribution in [2.75, 3.05) is 6.54 Å². The summed E-state index contributed by atoms with van der Waals surface area (Å²) >= 11 is 6.72. The van der Waals surface area contributed by atoms with Crippen molar-refractivity contribution in [3.63, 3.8) is 0 Å². The lowest BCUT2D eigenvalue weighted by molar-refractivity contribution is -0.118. The minimum atomic E-state index is -0.722. The quantitative estimate of drug-likeness (QED) is 0.374. The van der Waals surface area contributed by atoms with Crippen LogP contribution < -0.4 is 5.32 Å². The molecule has 1 unspecified atom stereocenters. The van der Waals surface area contributed by atoms with E-state index >= 15 is 0 Å². The van der Waals surface area contributed by atoms with Crippen LogP contribution in [0.4, 0.5) is 0 Å². The molecule has 1 N–H and O–H groups in total. The normalized spacial score (nSPS) is 12.7. The Labute approximate surface area is 185 Å². The van der Waals surface area contributed by atoms with E-state index in [1.54, 1.807) is 0 Å².